The molecule has 0 atom stereocenters. The summed E-state index contributed by atoms with van der Waals surface area (Å²) in [5.41, 5.74) is 3.40. The zero-order valence-corrected chi connectivity index (χ0v) is 22.5. The zero-order chi connectivity index (χ0) is 26.2. The van der Waals surface area contributed by atoms with Crippen LogP contribution in [-0.2, 0) is 26.0 Å². The number of hydrogen-bond donors (Lipinski definition) is 0. The summed E-state index contributed by atoms with van der Waals surface area (Å²) < 4.78 is 34.6. The molecule has 0 radical (unpaired) electrons. The monoisotopic (exact) mass is 546 g/mol. The van der Waals surface area contributed by atoms with Gasteiger partial charge in [0.1, 0.15) is 10.9 Å². The second-order valence-corrected chi connectivity index (χ2v) is 12.3. The molecule has 0 fully saturated rings. The van der Waals surface area contributed by atoms with Gasteiger partial charge in [-0.15, -0.1) is 22.7 Å². The van der Waals surface area contributed by atoms with Crippen LogP contribution in [0.25, 0.3) is 32.6 Å². The van der Waals surface area contributed by atoms with Crippen LogP contribution in [0.5, 0.6) is 0 Å². The highest BCUT2D eigenvalue weighted by atomic mass is 32.2. The third-order valence-electron chi connectivity index (χ3n) is 6.13. The Hall–Kier alpha value is -3.71. The van der Waals surface area contributed by atoms with E-state index in [0.29, 0.717) is 33.6 Å². The molecule has 37 heavy (non-hydrogen) atoms. The van der Waals surface area contributed by atoms with Crippen molar-refractivity contribution in [3.8, 4) is 27.8 Å². The Bertz CT molecular complexity index is 1770. The largest absolute Gasteiger partial charge is 0.469 e. The minimum atomic E-state index is -4.00. The summed E-state index contributed by atoms with van der Waals surface area (Å²) in [4.78, 5) is 14.1. The molecule has 0 aliphatic heterocycles. The number of aryl methyl sites for hydroxylation is 2. The summed E-state index contributed by atoms with van der Waals surface area (Å²) >= 11 is 2.76. The fourth-order valence-corrected chi connectivity index (χ4v) is 7.67. The summed E-state index contributed by atoms with van der Waals surface area (Å²) in [7, 11) is -2.64. The van der Waals surface area contributed by atoms with Crippen molar-refractivity contribution in [2.75, 3.05) is 7.11 Å². The van der Waals surface area contributed by atoms with E-state index in [1.54, 1.807) is 30.3 Å². The van der Waals surface area contributed by atoms with Gasteiger partial charge in [-0.05, 0) is 55.1 Å². The molecule has 0 saturated heterocycles. The van der Waals surface area contributed by atoms with Crippen molar-refractivity contribution in [2.45, 2.75) is 24.7 Å². The number of rotatable bonds is 7. The molecule has 0 unspecified atom stereocenters. The molecule has 0 aliphatic carbocycles. The molecule has 3 aromatic heterocycles. The maximum atomic E-state index is 14.2. The molecular formula is C28H22N2O4S3. The first-order chi connectivity index (χ1) is 17.8. The van der Waals surface area contributed by atoms with Gasteiger partial charge in [-0.25, -0.2) is 12.4 Å². The van der Waals surface area contributed by atoms with Crippen molar-refractivity contribution >= 4 is 49.6 Å². The molecule has 3 heterocycles. The van der Waals surface area contributed by atoms with Crippen LogP contribution in [0, 0.1) is 18.3 Å². The zero-order valence-electron chi connectivity index (χ0n) is 20.1. The number of fused-ring (bicyclic) bond motifs is 1. The molecule has 5 rings (SSSR count). The van der Waals surface area contributed by atoms with Gasteiger partial charge >= 0.3 is 5.97 Å². The second kappa shape index (κ2) is 9.98. The average molecular weight is 547 g/mol. The number of para-hydroxylation sites is 1. The summed E-state index contributed by atoms with van der Waals surface area (Å²) in [6.07, 6.45) is 0.719. The smallest absolute Gasteiger partial charge is 0.305 e. The lowest BCUT2D eigenvalue weighted by molar-refractivity contribution is -0.140. The van der Waals surface area contributed by atoms with Crippen molar-refractivity contribution in [1.29, 1.82) is 5.26 Å². The number of nitrogens with zero attached hydrogens (tertiary/aromatic N) is 2. The molecule has 0 aliphatic rings. The van der Waals surface area contributed by atoms with E-state index in [-0.39, 0.29) is 17.3 Å². The van der Waals surface area contributed by atoms with E-state index in [9.17, 15) is 18.5 Å². The van der Waals surface area contributed by atoms with Gasteiger partial charge in [0.05, 0.1) is 34.5 Å². The van der Waals surface area contributed by atoms with E-state index >= 15 is 0 Å². The predicted molar refractivity (Wildman–Crippen MR) is 147 cm³/mol. The third-order valence-corrected chi connectivity index (χ3v) is 9.82. The van der Waals surface area contributed by atoms with E-state index in [0.717, 1.165) is 20.7 Å². The molecule has 2 aromatic carbocycles. The minimum Gasteiger partial charge on any atom is -0.469 e. The van der Waals surface area contributed by atoms with Crippen molar-refractivity contribution in [3.05, 3.63) is 87.4 Å². The van der Waals surface area contributed by atoms with Crippen LogP contribution < -0.4 is 0 Å². The molecule has 186 valence electrons. The van der Waals surface area contributed by atoms with Crippen LogP contribution in [0.2, 0.25) is 0 Å². The predicted octanol–water partition coefficient (Wildman–Crippen LogP) is 6.62. The lowest BCUT2D eigenvalue weighted by Crippen LogP contribution is -2.14. The Morgan fingerprint density at radius 1 is 1.05 bits per heavy atom. The third kappa shape index (κ3) is 4.48. The number of carbonyl (C=O) groups is 1. The lowest BCUT2D eigenvalue weighted by Gasteiger charge is -2.13. The van der Waals surface area contributed by atoms with Crippen LogP contribution in [0.1, 0.15) is 21.7 Å². The number of methoxy groups -OCH3 is 1. The van der Waals surface area contributed by atoms with E-state index in [2.05, 4.69) is 6.07 Å². The fourth-order valence-electron chi connectivity index (χ4n) is 4.33. The molecular weight excluding hydrogens is 525 g/mol. The number of nitriles is 1. The van der Waals surface area contributed by atoms with E-state index in [1.165, 1.54) is 33.8 Å². The molecule has 0 spiro atoms. The van der Waals surface area contributed by atoms with Crippen molar-refractivity contribution < 1.29 is 17.9 Å². The van der Waals surface area contributed by atoms with Crippen molar-refractivity contribution in [1.82, 2.24) is 3.97 Å². The SMILES string of the molecule is COC(=O)CCc1ccc(-c2c(-c3ccsc3C#N)c3ccccc3n2S(=O)(=O)c2ccc(C)cc2)s1. The van der Waals surface area contributed by atoms with Crippen LogP contribution in [-0.4, -0.2) is 25.5 Å². The first kappa shape index (κ1) is 25.0. The van der Waals surface area contributed by atoms with Crippen molar-refractivity contribution in [3.63, 3.8) is 0 Å². The first-order valence-corrected chi connectivity index (χ1v) is 14.6. The summed E-state index contributed by atoms with van der Waals surface area (Å²) in [6.45, 7) is 1.91. The Labute approximate surface area is 223 Å². The van der Waals surface area contributed by atoms with Gasteiger partial charge in [-0.1, -0.05) is 35.9 Å². The second-order valence-electron chi connectivity index (χ2n) is 8.44. The number of benzene rings is 2. The molecule has 6 nitrogen and oxygen atoms in total. The number of hydrogen-bond acceptors (Lipinski definition) is 7. The van der Waals surface area contributed by atoms with Gasteiger partial charge in [0.25, 0.3) is 10.0 Å². The molecule has 5 aromatic rings. The molecule has 0 amide bonds. The highest BCUT2D eigenvalue weighted by molar-refractivity contribution is 7.90. The van der Waals surface area contributed by atoms with Gasteiger partial charge in [0, 0.05) is 21.4 Å². The topological polar surface area (TPSA) is 89.2 Å². The van der Waals surface area contributed by atoms with E-state index in [1.807, 2.05) is 48.7 Å². The van der Waals surface area contributed by atoms with Gasteiger partial charge in [-0.2, -0.15) is 5.26 Å². The standard InChI is InChI=1S/C28H22N2O4S3/c1-18-7-11-20(12-8-18)37(32,33)30-23-6-4-3-5-21(23)27(22-15-16-35-25(22)17-29)28(30)24-13-9-19(36-24)10-14-26(31)34-2/h3-9,11-13,15-16H,10,14H2,1-2H3. The van der Waals surface area contributed by atoms with E-state index < -0.39 is 10.0 Å². The summed E-state index contributed by atoms with van der Waals surface area (Å²) in [6, 6.07) is 22.1. The van der Waals surface area contributed by atoms with Gasteiger partial charge in [0.2, 0.25) is 0 Å². The van der Waals surface area contributed by atoms with Gasteiger partial charge in [-0.3, -0.25) is 4.79 Å². The summed E-state index contributed by atoms with van der Waals surface area (Å²) in [5.74, 6) is -0.302. The number of esters is 1. The summed E-state index contributed by atoms with van der Waals surface area (Å²) in [5, 5.41) is 12.4. The average Bonchev–Trinajstić information content (AvgIpc) is 3.63. The van der Waals surface area contributed by atoms with Crippen molar-refractivity contribution in [2.24, 2.45) is 0 Å². The lowest BCUT2D eigenvalue weighted by atomic mass is 10.0. The maximum absolute atomic E-state index is 14.2. The molecule has 9 heteroatoms. The van der Waals surface area contributed by atoms with Crippen LogP contribution in [0.15, 0.2) is 77.0 Å². The molecule has 0 saturated carbocycles. The number of aromatic nitrogens is 1. The highest BCUT2D eigenvalue weighted by Gasteiger charge is 2.30. The number of carbonyl (C=O) groups excluding carboxylic acids is 1. The number of ether oxygens (including phenoxy) is 1. The van der Waals surface area contributed by atoms with E-state index in [4.69, 9.17) is 4.74 Å². The Kier molecular flexibility index (Phi) is 6.73. The normalized spacial score (nSPS) is 11.5. The number of thiophene rings is 2. The quantitative estimate of drug-likeness (QED) is 0.214. The fraction of sp³-hybridized carbons (Fsp3) is 0.143. The minimum absolute atomic E-state index is 0.181. The Morgan fingerprint density at radius 3 is 2.54 bits per heavy atom. The van der Waals surface area contributed by atoms with Crippen LogP contribution in [0.4, 0.5) is 0 Å². The maximum Gasteiger partial charge on any atom is 0.305 e. The van der Waals surface area contributed by atoms with Crippen LogP contribution >= 0.6 is 22.7 Å². The molecule has 0 bridgehead atoms. The Morgan fingerprint density at radius 2 is 1.81 bits per heavy atom. The first-order valence-electron chi connectivity index (χ1n) is 11.4. The van der Waals surface area contributed by atoms with Gasteiger partial charge < -0.3 is 4.74 Å². The molecule has 0 N–H and O–H groups in total. The van der Waals surface area contributed by atoms with Crippen LogP contribution in [0.3, 0.4) is 0 Å². The highest BCUT2D eigenvalue weighted by Crippen LogP contribution is 2.46. The Balaban J connectivity index is 1.82. The van der Waals surface area contributed by atoms with Gasteiger partial charge in [0.15, 0.2) is 0 Å².